The van der Waals surface area contributed by atoms with Crippen molar-refractivity contribution >= 4 is 6.21 Å². The molecule has 68 valence electrons. The maximum absolute atomic E-state index is 12.0. The lowest BCUT2D eigenvalue weighted by Gasteiger charge is -2.23. The molecule has 1 atom stereocenters. The minimum atomic E-state index is -4.36. The molecule has 3 nitrogen and oxygen atoms in total. The molecule has 1 aliphatic heterocycles. The average molecular weight is 179 g/mol. The summed E-state index contributed by atoms with van der Waals surface area (Å²) in [5.41, 5.74) is 4.50. The summed E-state index contributed by atoms with van der Waals surface area (Å²) in [7, 11) is 1.50. The standard InChI is InChI=1S/C6H8F3N3/c1-12-5(10)2-4(3-11-12)6(7,8)9/h2-3,5H,10H2,1H3. The molecule has 0 spiro atoms. The van der Waals surface area contributed by atoms with E-state index in [-0.39, 0.29) is 0 Å². The molecule has 1 rings (SSSR count). The van der Waals surface area contributed by atoms with Crippen molar-refractivity contribution in [1.29, 1.82) is 0 Å². The van der Waals surface area contributed by atoms with Gasteiger partial charge in [-0.2, -0.15) is 18.3 Å². The second-order valence-corrected chi connectivity index (χ2v) is 2.43. The van der Waals surface area contributed by atoms with Gasteiger partial charge in [-0.3, -0.25) is 5.01 Å². The Morgan fingerprint density at radius 1 is 1.58 bits per heavy atom. The highest BCUT2D eigenvalue weighted by Crippen LogP contribution is 2.25. The molecule has 1 unspecified atom stereocenters. The van der Waals surface area contributed by atoms with E-state index in [0.29, 0.717) is 0 Å². The normalized spacial score (nSPS) is 24.2. The molecule has 0 saturated heterocycles. The summed E-state index contributed by atoms with van der Waals surface area (Å²) in [6.45, 7) is 0. The van der Waals surface area contributed by atoms with Crippen LogP contribution in [0.25, 0.3) is 0 Å². The summed E-state index contributed by atoms with van der Waals surface area (Å²) in [5.74, 6) is 0. The van der Waals surface area contributed by atoms with Gasteiger partial charge < -0.3 is 5.73 Å². The summed E-state index contributed by atoms with van der Waals surface area (Å²) in [6, 6.07) is 0. The van der Waals surface area contributed by atoms with Crippen LogP contribution in [0.1, 0.15) is 0 Å². The first-order valence-corrected chi connectivity index (χ1v) is 3.22. The second-order valence-electron chi connectivity index (χ2n) is 2.43. The van der Waals surface area contributed by atoms with Crippen LogP contribution in [0.5, 0.6) is 0 Å². The van der Waals surface area contributed by atoms with Gasteiger partial charge in [0.05, 0.1) is 11.8 Å². The summed E-state index contributed by atoms with van der Waals surface area (Å²) in [4.78, 5) is 0. The predicted molar refractivity (Wildman–Crippen MR) is 38.4 cm³/mol. The zero-order valence-corrected chi connectivity index (χ0v) is 6.34. The number of alkyl halides is 3. The third-order valence-corrected chi connectivity index (χ3v) is 1.49. The van der Waals surface area contributed by atoms with Crippen molar-refractivity contribution in [2.24, 2.45) is 10.8 Å². The van der Waals surface area contributed by atoms with Crippen molar-refractivity contribution in [3.63, 3.8) is 0 Å². The fraction of sp³-hybridized carbons (Fsp3) is 0.500. The molecular formula is C6H8F3N3. The highest BCUT2D eigenvalue weighted by atomic mass is 19.4. The zero-order valence-electron chi connectivity index (χ0n) is 6.34. The van der Waals surface area contributed by atoms with Crippen LogP contribution >= 0.6 is 0 Å². The molecule has 0 aliphatic carbocycles. The minimum Gasteiger partial charge on any atom is -0.307 e. The topological polar surface area (TPSA) is 41.6 Å². The van der Waals surface area contributed by atoms with Gasteiger partial charge >= 0.3 is 6.18 Å². The molecule has 0 amide bonds. The number of allylic oxidation sites excluding steroid dienone is 1. The van der Waals surface area contributed by atoms with Gasteiger partial charge in [0.25, 0.3) is 0 Å². The molecular weight excluding hydrogens is 171 g/mol. The molecule has 2 N–H and O–H groups in total. The van der Waals surface area contributed by atoms with Crippen molar-refractivity contribution in [2.45, 2.75) is 12.3 Å². The largest absolute Gasteiger partial charge is 0.417 e. The Labute approximate surface area is 67.3 Å². The number of hydrazone groups is 1. The van der Waals surface area contributed by atoms with E-state index in [1.54, 1.807) is 0 Å². The molecule has 1 heterocycles. The molecule has 12 heavy (non-hydrogen) atoms. The van der Waals surface area contributed by atoms with Crippen LogP contribution < -0.4 is 5.73 Å². The number of halogens is 3. The fourth-order valence-corrected chi connectivity index (χ4v) is 0.733. The summed E-state index contributed by atoms with van der Waals surface area (Å²) in [6.07, 6.45) is -3.48. The van der Waals surface area contributed by atoms with E-state index >= 15 is 0 Å². The van der Waals surface area contributed by atoms with Crippen LogP contribution in [0.3, 0.4) is 0 Å². The molecule has 0 radical (unpaired) electrons. The first kappa shape index (κ1) is 9.05. The molecule has 1 aliphatic rings. The second kappa shape index (κ2) is 2.78. The Hall–Kier alpha value is -1.04. The number of likely N-dealkylation sites (N-methyl/N-ethyl adjacent to an activating group) is 1. The van der Waals surface area contributed by atoms with E-state index < -0.39 is 17.9 Å². The zero-order chi connectivity index (χ0) is 9.35. The van der Waals surface area contributed by atoms with Gasteiger partial charge in [-0.1, -0.05) is 0 Å². The quantitative estimate of drug-likeness (QED) is 0.594. The number of rotatable bonds is 0. The van der Waals surface area contributed by atoms with Crippen molar-refractivity contribution in [3.05, 3.63) is 11.6 Å². The SMILES string of the molecule is CN1N=CC(C(F)(F)F)=CC1N. The predicted octanol–water partition coefficient (Wildman–Crippen LogP) is 0.691. The molecule has 0 aromatic rings. The molecule has 0 bridgehead atoms. The average Bonchev–Trinajstić information content (AvgIpc) is 1.92. The molecule has 0 fully saturated rings. The Bertz CT molecular complexity index is 231. The van der Waals surface area contributed by atoms with Crippen LogP contribution in [0.4, 0.5) is 13.2 Å². The number of nitrogens with zero attached hydrogens (tertiary/aromatic N) is 2. The van der Waals surface area contributed by atoms with E-state index in [9.17, 15) is 13.2 Å². The van der Waals surface area contributed by atoms with Gasteiger partial charge in [0.15, 0.2) is 0 Å². The van der Waals surface area contributed by atoms with Crippen molar-refractivity contribution in [2.75, 3.05) is 7.05 Å². The highest BCUT2D eigenvalue weighted by Gasteiger charge is 2.34. The minimum absolute atomic E-state index is 0.753. The highest BCUT2D eigenvalue weighted by molar-refractivity contribution is 5.80. The fourth-order valence-electron chi connectivity index (χ4n) is 0.733. The van der Waals surface area contributed by atoms with Crippen molar-refractivity contribution < 1.29 is 13.2 Å². The first-order valence-electron chi connectivity index (χ1n) is 3.22. The van der Waals surface area contributed by atoms with Gasteiger partial charge in [-0.25, -0.2) is 0 Å². The Kier molecular flexibility index (Phi) is 2.10. The molecule has 0 saturated carbocycles. The Morgan fingerprint density at radius 3 is 2.58 bits per heavy atom. The van der Waals surface area contributed by atoms with Crippen molar-refractivity contribution in [3.8, 4) is 0 Å². The lowest BCUT2D eigenvalue weighted by Crippen LogP contribution is -2.38. The van der Waals surface area contributed by atoms with E-state index in [4.69, 9.17) is 5.73 Å². The maximum atomic E-state index is 12.0. The Balaban J connectivity index is 2.84. The number of hydrogen-bond acceptors (Lipinski definition) is 3. The monoisotopic (exact) mass is 179 g/mol. The third-order valence-electron chi connectivity index (χ3n) is 1.49. The van der Waals surface area contributed by atoms with E-state index in [1.165, 1.54) is 12.1 Å². The lowest BCUT2D eigenvalue weighted by molar-refractivity contribution is -0.0867. The van der Waals surface area contributed by atoms with Gasteiger partial charge in [-0.15, -0.1) is 0 Å². The van der Waals surface area contributed by atoms with Crippen molar-refractivity contribution in [1.82, 2.24) is 5.01 Å². The van der Waals surface area contributed by atoms with Crippen LogP contribution in [0.15, 0.2) is 16.8 Å². The van der Waals surface area contributed by atoms with E-state index in [0.717, 1.165) is 12.3 Å². The van der Waals surface area contributed by atoms with Crippen LogP contribution in [0, 0.1) is 0 Å². The molecule has 6 heteroatoms. The van der Waals surface area contributed by atoms with Crippen LogP contribution in [-0.4, -0.2) is 30.6 Å². The number of hydrogen-bond donors (Lipinski definition) is 1. The third kappa shape index (κ3) is 1.76. The van der Waals surface area contributed by atoms with Gasteiger partial charge in [-0.05, 0) is 6.08 Å². The molecule has 0 aromatic heterocycles. The Morgan fingerprint density at radius 2 is 2.17 bits per heavy atom. The summed E-state index contributed by atoms with van der Waals surface area (Å²) >= 11 is 0. The van der Waals surface area contributed by atoms with E-state index in [1.807, 2.05) is 0 Å². The van der Waals surface area contributed by atoms with E-state index in [2.05, 4.69) is 5.10 Å². The lowest BCUT2D eigenvalue weighted by atomic mass is 10.2. The molecule has 0 aromatic carbocycles. The smallest absolute Gasteiger partial charge is 0.307 e. The van der Waals surface area contributed by atoms with Crippen LogP contribution in [-0.2, 0) is 0 Å². The first-order chi connectivity index (χ1) is 5.41. The van der Waals surface area contributed by atoms with Gasteiger partial charge in [0.2, 0.25) is 0 Å². The maximum Gasteiger partial charge on any atom is 0.417 e. The van der Waals surface area contributed by atoms with Gasteiger partial charge in [0, 0.05) is 7.05 Å². The summed E-state index contributed by atoms with van der Waals surface area (Å²) in [5, 5.41) is 4.70. The van der Waals surface area contributed by atoms with Crippen LogP contribution in [0.2, 0.25) is 0 Å². The number of nitrogens with two attached hydrogens (primary N) is 1. The van der Waals surface area contributed by atoms with Gasteiger partial charge in [0.1, 0.15) is 6.17 Å². The summed E-state index contributed by atoms with van der Waals surface area (Å²) < 4.78 is 36.0.